The van der Waals surface area contributed by atoms with E-state index in [1.165, 1.54) is 0 Å². The van der Waals surface area contributed by atoms with E-state index in [9.17, 15) is 9.90 Å². The van der Waals surface area contributed by atoms with Crippen molar-refractivity contribution in [2.75, 3.05) is 51.8 Å². The first-order valence-electron chi connectivity index (χ1n) is 9.77. The number of amides is 1. The van der Waals surface area contributed by atoms with Crippen molar-refractivity contribution >= 4 is 11.6 Å². The van der Waals surface area contributed by atoms with Crippen molar-refractivity contribution in [1.29, 1.82) is 0 Å². The summed E-state index contributed by atoms with van der Waals surface area (Å²) in [6.45, 7) is 5.61. The maximum absolute atomic E-state index is 12.6. The number of aromatic hydroxyl groups is 1. The first kappa shape index (κ1) is 20.8. The summed E-state index contributed by atoms with van der Waals surface area (Å²) in [7, 11) is 3.24. The molecule has 29 heavy (non-hydrogen) atoms. The van der Waals surface area contributed by atoms with Crippen molar-refractivity contribution in [3.8, 4) is 17.2 Å². The normalized spacial score (nSPS) is 15.6. The van der Waals surface area contributed by atoms with Crippen LogP contribution < -0.4 is 19.7 Å². The SMILES string of the molecule is COc1ccc(OC)c([C@@H](C)NC(=O)CN2CCN(c3ccc(O)cc3)CC2)c1. The van der Waals surface area contributed by atoms with E-state index in [0.717, 1.165) is 48.9 Å². The smallest absolute Gasteiger partial charge is 0.234 e. The molecule has 156 valence electrons. The van der Waals surface area contributed by atoms with E-state index >= 15 is 0 Å². The van der Waals surface area contributed by atoms with Crippen molar-refractivity contribution in [3.05, 3.63) is 48.0 Å². The van der Waals surface area contributed by atoms with Crippen LogP contribution in [0.1, 0.15) is 18.5 Å². The minimum absolute atomic E-state index is 0.0135. The predicted molar refractivity (Wildman–Crippen MR) is 113 cm³/mol. The lowest BCUT2D eigenvalue weighted by Crippen LogP contribution is -2.49. The molecule has 0 aliphatic carbocycles. The van der Waals surface area contributed by atoms with Crippen LogP contribution >= 0.6 is 0 Å². The molecule has 2 aromatic carbocycles. The summed E-state index contributed by atoms with van der Waals surface area (Å²) in [6.07, 6.45) is 0. The molecule has 2 aromatic rings. The van der Waals surface area contributed by atoms with Gasteiger partial charge in [0.2, 0.25) is 5.91 Å². The Kier molecular flexibility index (Phi) is 6.82. The van der Waals surface area contributed by atoms with Crippen LogP contribution in [0.15, 0.2) is 42.5 Å². The fraction of sp³-hybridized carbons (Fsp3) is 0.409. The quantitative estimate of drug-likeness (QED) is 0.745. The molecule has 1 amide bonds. The van der Waals surface area contributed by atoms with Crippen LogP contribution in [0.5, 0.6) is 17.2 Å². The predicted octanol–water partition coefficient (Wildman–Crippen LogP) is 2.41. The standard InChI is InChI=1S/C22H29N3O4/c1-16(20-14-19(28-2)8-9-21(20)29-3)23-22(27)15-24-10-12-25(13-11-24)17-4-6-18(26)7-5-17/h4-9,14,16,26H,10-13,15H2,1-3H3,(H,23,27)/t16-/m1/s1. The molecule has 1 heterocycles. The van der Waals surface area contributed by atoms with E-state index in [0.29, 0.717) is 6.54 Å². The first-order valence-corrected chi connectivity index (χ1v) is 9.77. The van der Waals surface area contributed by atoms with E-state index < -0.39 is 0 Å². The summed E-state index contributed by atoms with van der Waals surface area (Å²) in [5.74, 6) is 1.71. The van der Waals surface area contributed by atoms with Gasteiger partial charge >= 0.3 is 0 Å². The van der Waals surface area contributed by atoms with Gasteiger partial charge < -0.3 is 24.8 Å². The number of phenolic OH excluding ortho intramolecular Hbond substituents is 1. The van der Waals surface area contributed by atoms with Crippen molar-refractivity contribution in [3.63, 3.8) is 0 Å². The lowest BCUT2D eigenvalue weighted by atomic mass is 10.1. The second-order valence-corrected chi connectivity index (χ2v) is 7.18. The summed E-state index contributed by atoms with van der Waals surface area (Å²) >= 11 is 0. The van der Waals surface area contributed by atoms with E-state index in [1.807, 2.05) is 37.3 Å². The van der Waals surface area contributed by atoms with Crippen LogP contribution in [0.4, 0.5) is 5.69 Å². The topological polar surface area (TPSA) is 74.3 Å². The highest BCUT2D eigenvalue weighted by Crippen LogP contribution is 2.29. The summed E-state index contributed by atoms with van der Waals surface area (Å²) in [6, 6.07) is 12.6. The molecule has 1 aliphatic rings. The van der Waals surface area contributed by atoms with Crippen LogP contribution in [-0.2, 0) is 4.79 Å². The van der Waals surface area contributed by atoms with Gasteiger partial charge in [-0.25, -0.2) is 0 Å². The van der Waals surface area contributed by atoms with Gasteiger partial charge in [0.25, 0.3) is 0 Å². The van der Waals surface area contributed by atoms with Gasteiger partial charge in [-0.05, 0) is 49.4 Å². The third-order valence-electron chi connectivity index (χ3n) is 5.24. The molecule has 1 aliphatic heterocycles. The Balaban J connectivity index is 1.52. The molecular weight excluding hydrogens is 370 g/mol. The van der Waals surface area contributed by atoms with Gasteiger partial charge in [0.1, 0.15) is 17.2 Å². The lowest BCUT2D eigenvalue weighted by molar-refractivity contribution is -0.123. The molecule has 2 N–H and O–H groups in total. The van der Waals surface area contributed by atoms with Gasteiger partial charge in [0.05, 0.1) is 26.8 Å². The monoisotopic (exact) mass is 399 g/mol. The van der Waals surface area contributed by atoms with Gasteiger partial charge in [-0.15, -0.1) is 0 Å². The molecule has 0 spiro atoms. The highest BCUT2D eigenvalue weighted by atomic mass is 16.5. The van der Waals surface area contributed by atoms with Crippen LogP contribution in [0.2, 0.25) is 0 Å². The molecule has 0 saturated carbocycles. The number of anilines is 1. The number of ether oxygens (including phenoxy) is 2. The first-order chi connectivity index (χ1) is 14.0. The molecule has 7 heteroatoms. The lowest BCUT2D eigenvalue weighted by Gasteiger charge is -2.36. The van der Waals surface area contributed by atoms with Crippen LogP contribution in [-0.4, -0.2) is 62.9 Å². The van der Waals surface area contributed by atoms with Crippen LogP contribution in [0.3, 0.4) is 0 Å². The van der Waals surface area contributed by atoms with E-state index in [2.05, 4.69) is 15.1 Å². The van der Waals surface area contributed by atoms with Crippen molar-refractivity contribution in [2.24, 2.45) is 0 Å². The summed E-state index contributed by atoms with van der Waals surface area (Å²) in [5.41, 5.74) is 1.97. The second kappa shape index (κ2) is 9.52. The highest BCUT2D eigenvalue weighted by Gasteiger charge is 2.21. The second-order valence-electron chi connectivity index (χ2n) is 7.18. The minimum atomic E-state index is -0.189. The number of nitrogens with one attached hydrogen (secondary N) is 1. The number of piperazine rings is 1. The molecule has 0 radical (unpaired) electrons. The number of methoxy groups -OCH3 is 2. The fourth-order valence-corrected chi connectivity index (χ4v) is 3.57. The number of nitrogens with zero attached hydrogens (tertiary/aromatic N) is 2. The molecule has 3 rings (SSSR count). The Morgan fingerprint density at radius 3 is 2.38 bits per heavy atom. The van der Waals surface area contributed by atoms with E-state index in [-0.39, 0.29) is 17.7 Å². The molecule has 1 saturated heterocycles. The van der Waals surface area contributed by atoms with E-state index in [1.54, 1.807) is 26.4 Å². The summed E-state index contributed by atoms with van der Waals surface area (Å²) in [4.78, 5) is 17.0. The molecule has 0 bridgehead atoms. The molecule has 0 aromatic heterocycles. The Morgan fingerprint density at radius 2 is 1.76 bits per heavy atom. The number of hydrogen-bond donors (Lipinski definition) is 2. The number of rotatable bonds is 7. The van der Waals surface area contributed by atoms with Gasteiger partial charge in [0, 0.05) is 37.4 Å². The van der Waals surface area contributed by atoms with Gasteiger partial charge in [-0.3, -0.25) is 9.69 Å². The van der Waals surface area contributed by atoms with Crippen molar-refractivity contribution in [2.45, 2.75) is 13.0 Å². The zero-order chi connectivity index (χ0) is 20.8. The number of benzene rings is 2. The molecule has 0 unspecified atom stereocenters. The summed E-state index contributed by atoms with van der Waals surface area (Å²) in [5, 5.41) is 12.5. The maximum atomic E-state index is 12.6. The maximum Gasteiger partial charge on any atom is 0.234 e. The molecule has 7 nitrogen and oxygen atoms in total. The third-order valence-corrected chi connectivity index (χ3v) is 5.24. The number of carbonyl (C=O) groups is 1. The van der Waals surface area contributed by atoms with Crippen LogP contribution in [0.25, 0.3) is 0 Å². The van der Waals surface area contributed by atoms with Crippen LogP contribution in [0, 0.1) is 0 Å². The Bertz CT molecular complexity index is 817. The number of phenols is 1. The fourth-order valence-electron chi connectivity index (χ4n) is 3.57. The zero-order valence-corrected chi connectivity index (χ0v) is 17.2. The molecular formula is C22H29N3O4. The van der Waals surface area contributed by atoms with Gasteiger partial charge in [-0.2, -0.15) is 0 Å². The Hall–Kier alpha value is -2.93. The summed E-state index contributed by atoms with van der Waals surface area (Å²) < 4.78 is 10.7. The number of hydrogen-bond acceptors (Lipinski definition) is 6. The van der Waals surface area contributed by atoms with Crippen molar-refractivity contribution < 1.29 is 19.4 Å². The van der Waals surface area contributed by atoms with E-state index in [4.69, 9.17) is 9.47 Å². The van der Waals surface area contributed by atoms with Gasteiger partial charge in [-0.1, -0.05) is 0 Å². The molecule has 1 fully saturated rings. The molecule has 1 atom stereocenters. The minimum Gasteiger partial charge on any atom is -0.508 e. The average Bonchev–Trinajstić information content (AvgIpc) is 2.74. The van der Waals surface area contributed by atoms with Crippen molar-refractivity contribution in [1.82, 2.24) is 10.2 Å². The number of carbonyl (C=O) groups excluding carboxylic acids is 1. The van der Waals surface area contributed by atoms with Gasteiger partial charge in [0.15, 0.2) is 0 Å². The average molecular weight is 399 g/mol. The Morgan fingerprint density at radius 1 is 1.07 bits per heavy atom. The third kappa shape index (κ3) is 5.32. The Labute approximate surface area is 171 Å². The zero-order valence-electron chi connectivity index (χ0n) is 17.2. The highest BCUT2D eigenvalue weighted by molar-refractivity contribution is 5.78. The largest absolute Gasteiger partial charge is 0.508 e.